The Kier molecular flexibility index (Phi) is 3.54. The normalized spacial score (nSPS) is 11.7. The molecule has 3 N–H and O–H groups in total. The highest BCUT2D eigenvalue weighted by Crippen LogP contribution is 2.31. The highest BCUT2D eigenvalue weighted by atomic mass is 35.5. The lowest BCUT2D eigenvalue weighted by atomic mass is 10.2. The van der Waals surface area contributed by atoms with Crippen molar-refractivity contribution in [2.45, 2.75) is 6.18 Å². The number of hydrogen-bond acceptors (Lipinski definition) is 3. The van der Waals surface area contributed by atoms with Gasteiger partial charge < -0.3 is 5.73 Å². The minimum atomic E-state index is -5.05. The van der Waals surface area contributed by atoms with Crippen molar-refractivity contribution in [1.82, 2.24) is 9.55 Å². The smallest absolute Gasteiger partial charge is 0.397 e. The molecule has 112 valence electrons. The molecule has 0 saturated carbocycles. The van der Waals surface area contributed by atoms with Gasteiger partial charge in [0.05, 0.1) is 16.4 Å². The number of nitrogens with one attached hydrogen (secondary N) is 1. The average Bonchev–Trinajstić information content (AvgIpc) is 2.32. The molecular weight excluding hydrogens is 318 g/mol. The van der Waals surface area contributed by atoms with Crippen LogP contribution in [0.5, 0.6) is 0 Å². The van der Waals surface area contributed by atoms with E-state index >= 15 is 0 Å². The van der Waals surface area contributed by atoms with Crippen LogP contribution in [-0.2, 0) is 6.18 Å². The Morgan fingerprint density at radius 2 is 1.81 bits per heavy atom. The lowest BCUT2D eigenvalue weighted by Crippen LogP contribution is -2.34. The molecule has 1 aromatic heterocycles. The second-order valence-electron chi connectivity index (χ2n) is 3.98. The summed E-state index contributed by atoms with van der Waals surface area (Å²) in [6.07, 6.45) is -5.05. The molecule has 21 heavy (non-hydrogen) atoms. The maximum Gasteiger partial charge on any atom is 0.432 e. The molecule has 1 heterocycles. The van der Waals surface area contributed by atoms with Crippen LogP contribution < -0.4 is 17.0 Å². The SMILES string of the molecule is Nc1cc(-n2c(C(F)(F)F)cc(=O)[nH]c2=O)c(F)cc1Cl. The zero-order valence-electron chi connectivity index (χ0n) is 9.96. The predicted octanol–water partition coefficient (Wildman–Crippen LogP) is 1.92. The van der Waals surface area contributed by atoms with Gasteiger partial charge in [-0.25, -0.2) is 9.18 Å². The average molecular weight is 324 g/mol. The summed E-state index contributed by atoms with van der Waals surface area (Å²) in [6.45, 7) is 0. The quantitative estimate of drug-likeness (QED) is 0.621. The van der Waals surface area contributed by atoms with E-state index in [1.54, 1.807) is 4.98 Å². The van der Waals surface area contributed by atoms with E-state index in [-0.39, 0.29) is 21.3 Å². The van der Waals surface area contributed by atoms with Gasteiger partial charge in [0.15, 0.2) is 0 Å². The van der Waals surface area contributed by atoms with Crippen LogP contribution in [0.2, 0.25) is 5.02 Å². The van der Waals surface area contributed by atoms with Crippen LogP contribution in [0.25, 0.3) is 5.69 Å². The molecule has 0 saturated heterocycles. The van der Waals surface area contributed by atoms with Crippen molar-refractivity contribution >= 4 is 17.3 Å². The van der Waals surface area contributed by atoms with Crippen LogP contribution in [0, 0.1) is 5.82 Å². The monoisotopic (exact) mass is 323 g/mol. The molecule has 0 aliphatic heterocycles. The highest BCUT2D eigenvalue weighted by Gasteiger charge is 2.36. The molecule has 0 aliphatic carbocycles. The highest BCUT2D eigenvalue weighted by molar-refractivity contribution is 6.33. The van der Waals surface area contributed by atoms with Crippen LogP contribution in [0.4, 0.5) is 23.2 Å². The van der Waals surface area contributed by atoms with Crippen molar-refractivity contribution < 1.29 is 17.6 Å². The van der Waals surface area contributed by atoms with E-state index in [1.807, 2.05) is 0 Å². The fourth-order valence-electron chi connectivity index (χ4n) is 1.67. The molecule has 0 amide bonds. The van der Waals surface area contributed by atoms with Gasteiger partial charge in [-0.15, -0.1) is 0 Å². The fourth-order valence-corrected chi connectivity index (χ4v) is 1.82. The Bertz CT molecular complexity index is 826. The summed E-state index contributed by atoms with van der Waals surface area (Å²) < 4.78 is 52.5. The number of aromatic amines is 1. The number of halogens is 5. The topological polar surface area (TPSA) is 80.9 Å². The van der Waals surface area contributed by atoms with Gasteiger partial charge in [-0.2, -0.15) is 13.2 Å². The Morgan fingerprint density at radius 3 is 2.38 bits per heavy atom. The number of aromatic nitrogens is 2. The van der Waals surface area contributed by atoms with Crippen LogP contribution in [0.1, 0.15) is 5.69 Å². The van der Waals surface area contributed by atoms with E-state index in [4.69, 9.17) is 17.3 Å². The van der Waals surface area contributed by atoms with Crippen molar-refractivity contribution in [2.75, 3.05) is 5.73 Å². The Balaban J connectivity index is 2.91. The number of benzene rings is 1. The Labute approximate surface area is 118 Å². The third kappa shape index (κ3) is 2.77. The van der Waals surface area contributed by atoms with Gasteiger partial charge in [-0.3, -0.25) is 14.3 Å². The van der Waals surface area contributed by atoms with Crippen LogP contribution in [0.15, 0.2) is 27.8 Å². The maximum absolute atomic E-state index is 13.8. The van der Waals surface area contributed by atoms with Gasteiger partial charge >= 0.3 is 11.9 Å². The third-order valence-electron chi connectivity index (χ3n) is 2.54. The van der Waals surface area contributed by atoms with Gasteiger partial charge in [-0.05, 0) is 12.1 Å². The van der Waals surface area contributed by atoms with Crippen LogP contribution in [0.3, 0.4) is 0 Å². The number of nitrogens with zero attached hydrogens (tertiary/aromatic N) is 1. The molecule has 2 rings (SSSR count). The third-order valence-corrected chi connectivity index (χ3v) is 2.87. The molecule has 1 aromatic carbocycles. The van der Waals surface area contributed by atoms with Crippen molar-refractivity contribution in [2.24, 2.45) is 0 Å². The first-order chi connectivity index (χ1) is 9.61. The van der Waals surface area contributed by atoms with Crippen molar-refractivity contribution in [3.63, 3.8) is 0 Å². The molecular formula is C11H6ClF4N3O2. The Hall–Kier alpha value is -2.29. The molecule has 2 aromatic rings. The minimum Gasteiger partial charge on any atom is -0.397 e. The van der Waals surface area contributed by atoms with Gasteiger partial charge in [0.1, 0.15) is 11.5 Å². The summed E-state index contributed by atoms with van der Waals surface area (Å²) in [4.78, 5) is 24.3. The molecule has 0 atom stereocenters. The van der Waals surface area contributed by atoms with E-state index in [2.05, 4.69) is 0 Å². The summed E-state index contributed by atoms with van der Waals surface area (Å²) in [5, 5.41) is -0.220. The van der Waals surface area contributed by atoms with Crippen LogP contribution in [-0.4, -0.2) is 9.55 Å². The number of hydrogen-bond donors (Lipinski definition) is 2. The first-order valence-corrected chi connectivity index (χ1v) is 5.67. The molecule has 0 fully saturated rings. The molecule has 0 spiro atoms. The molecule has 0 unspecified atom stereocenters. The van der Waals surface area contributed by atoms with E-state index in [9.17, 15) is 27.2 Å². The summed E-state index contributed by atoms with van der Waals surface area (Å²) in [5.41, 5.74) is 0.0683. The summed E-state index contributed by atoms with van der Waals surface area (Å²) in [6, 6.07) is 1.59. The van der Waals surface area contributed by atoms with Crippen LogP contribution >= 0.6 is 11.6 Å². The van der Waals surface area contributed by atoms with Gasteiger partial charge in [0.25, 0.3) is 5.56 Å². The van der Waals surface area contributed by atoms with E-state index < -0.39 is 34.6 Å². The number of rotatable bonds is 1. The number of nitrogens with two attached hydrogens (primary N) is 1. The van der Waals surface area contributed by atoms with Crippen molar-refractivity contribution in [3.05, 3.63) is 55.6 Å². The van der Waals surface area contributed by atoms with E-state index in [0.717, 1.165) is 6.07 Å². The number of nitrogen functional groups attached to an aromatic ring is 1. The molecule has 0 radical (unpaired) electrons. The lowest BCUT2D eigenvalue weighted by molar-refractivity contribution is -0.143. The molecule has 0 aliphatic rings. The zero-order valence-corrected chi connectivity index (χ0v) is 10.7. The first kappa shape index (κ1) is 15.1. The molecule has 10 heteroatoms. The number of H-pyrrole nitrogens is 1. The second-order valence-corrected chi connectivity index (χ2v) is 4.39. The number of anilines is 1. The summed E-state index contributed by atoms with van der Waals surface area (Å²) in [7, 11) is 0. The maximum atomic E-state index is 13.8. The second kappa shape index (κ2) is 4.92. The zero-order chi connectivity index (χ0) is 15.9. The predicted molar refractivity (Wildman–Crippen MR) is 67.0 cm³/mol. The van der Waals surface area contributed by atoms with E-state index in [0.29, 0.717) is 6.07 Å². The fraction of sp³-hybridized carbons (Fsp3) is 0.0909. The summed E-state index contributed by atoms with van der Waals surface area (Å²) in [5.74, 6) is -1.20. The van der Waals surface area contributed by atoms with Crippen molar-refractivity contribution in [1.29, 1.82) is 0 Å². The standard InChI is InChI=1S/C11H6ClF4N3O2/c12-4-1-5(13)7(2-6(4)17)19-8(11(14,15)16)3-9(20)18-10(19)21/h1-3H,17H2,(H,18,20,21). The van der Waals surface area contributed by atoms with Gasteiger partial charge in [0.2, 0.25) is 0 Å². The van der Waals surface area contributed by atoms with Gasteiger partial charge in [-0.1, -0.05) is 11.6 Å². The Morgan fingerprint density at radius 1 is 1.19 bits per heavy atom. The molecule has 0 bridgehead atoms. The largest absolute Gasteiger partial charge is 0.432 e. The number of alkyl halides is 3. The lowest BCUT2D eigenvalue weighted by Gasteiger charge is -2.15. The first-order valence-electron chi connectivity index (χ1n) is 5.29. The minimum absolute atomic E-state index is 0.0244. The summed E-state index contributed by atoms with van der Waals surface area (Å²) >= 11 is 5.54. The van der Waals surface area contributed by atoms with E-state index in [1.165, 1.54) is 0 Å². The molecule has 5 nitrogen and oxygen atoms in total. The van der Waals surface area contributed by atoms with Crippen molar-refractivity contribution in [3.8, 4) is 5.69 Å². The van der Waals surface area contributed by atoms with Gasteiger partial charge in [0, 0.05) is 6.07 Å².